The Bertz CT molecular complexity index is 614. The highest BCUT2D eigenvalue weighted by Gasteiger charge is 2.06. The van der Waals surface area contributed by atoms with E-state index in [0.717, 1.165) is 11.1 Å². The van der Waals surface area contributed by atoms with Crippen LogP contribution >= 0.6 is 11.6 Å². The number of aromatic nitrogens is 2. The molecule has 2 rings (SSSR count). The van der Waals surface area contributed by atoms with Crippen molar-refractivity contribution in [1.82, 2.24) is 10.2 Å². The number of carbonyl (C=O) groups is 1. The molecule has 0 fully saturated rings. The molecule has 1 amide bonds. The van der Waals surface area contributed by atoms with Gasteiger partial charge < -0.3 is 10.1 Å². The van der Waals surface area contributed by atoms with E-state index in [0.29, 0.717) is 11.6 Å². The molecule has 0 saturated carbocycles. The number of carbonyl (C=O) groups excluding carboxylic acids is 1. The Hall–Kier alpha value is -2.14. The van der Waals surface area contributed by atoms with Gasteiger partial charge in [-0.2, -0.15) is 0 Å². The van der Waals surface area contributed by atoms with Gasteiger partial charge in [0, 0.05) is 0 Å². The summed E-state index contributed by atoms with van der Waals surface area (Å²) in [4.78, 5) is 11.7. The van der Waals surface area contributed by atoms with Crippen LogP contribution in [0, 0.1) is 13.8 Å². The molecule has 5 nitrogen and oxygen atoms in total. The van der Waals surface area contributed by atoms with Gasteiger partial charge in [-0.05, 0) is 37.6 Å². The molecule has 1 N–H and O–H groups in total. The van der Waals surface area contributed by atoms with E-state index in [9.17, 15) is 4.79 Å². The lowest BCUT2D eigenvalue weighted by Crippen LogP contribution is -2.21. The van der Waals surface area contributed by atoms with Crippen molar-refractivity contribution in [2.45, 2.75) is 13.8 Å². The number of amides is 1. The van der Waals surface area contributed by atoms with E-state index in [1.165, 1.54) is 0 Å². The fourth-order valence-electron chi connectivity index (χ4n) is 1.67. The number of ether oxygens (including phenoxy) is 1. The first-order valence-corrected chi connectivity index (χ1v) is 6.41. The van der Waals surface area contributed by atoms with E-state index in [1.54, 1.807) is 12.1 Å². The largest absolute Gasteiger partial charge is 0.483 e. The summed E-state index contributed by atoms with van der Waals surface area (Å²) in [6.45, 7) is 3.85. The topological polar surface area (TPSA) is 64.1 Å². The monoisotopic (exact) mass is 291 g/mol. The molecule has 20 heavy (non-hydrogen) atoms. The Labute approximate surface area is 121 Å². The van der Waals surface area contributed by atoms with Crippen LogP contribution in [0.2, 0.25) is 5.15 Å². The van der Waals surface area contributed by atoms with Crippen molar-refractivity contribution in [3.05, 3.63) is 46.6 Å². The summed E-state index contributed by atoms with van der Waals surface area (Å²) in [5, 5.41) is 10.2. The number of nitrogens with zero attached hydrogens (tertiary/aromatic N) is 2. The SMILES string of the molecule is Cc1ccc(OCC(=O)Nc2ccc(Cl)nn2)c(C)c1. The Kier molecular flexibility index (Phi) is 4.53. The maximum atomic E-state index is 11.7. The Morgan fingerprint density at radius 2 is 2.05 bits per heavy atom. The van der Waals surface area contributed by atoms with Gasteiger partial charge in [0.2, 0.25) is 0 Å². The highest BCUT2D eigenvalue weighted by atomic mass is 35.5. The van der Waals surface area contributed by atoms with Crippen LogP contribution in [0.3, 0.4) is 0 Å². The summed E-state index contributed by atoms with van der Waals surface area (Å²) in [6, 6.07) is 8.91. The molecule has 0 saturated heterocycles. The van der Waals surface area contributed by atoms with Crippen molar-refractivity contribution in [1.29, 1.82) is 0 Å². The number of nitrogens with one attached hydrogen (secondary N) is 1. The van der Waals surface area contributed by atoms with Crippen LogP contribution in [0.15, 0.2) is 30.3 Å². The lowest BCUT2D eigenvalue weighted by molar-refractivity contribution is -0.118. The van der Waals surface area contributed by atoms with Crippen LogP contribution < -0.4 is 10.1 Å². The molecule has 0 atom stereocenters. The average Bonchev–Trinajstić information content (AvgIpc) is 2.40. The molecule has 0 radical (unpaired) electrons. The first-order valence-electron chi connectivity index (χ1n) is 6.04. The normalized spacial score (nSPS) is 10.2. The molecule has 0 aliphatic rings. The highest BCUT2D eigenvalue weighted by molar-refractivity contribution is 6.29. The zero-order valence-corrected chi connectivity index (χ0v) is 11.9. The van der Waals surface area contributed by atoms with Crippen LogP contribution in [0.1, 0.15) is 11.1 Å². The second kappa shape index (κ2) is 6.34. The van der Waals surface area contributed by atoms with Crippen molar-refractivity contribution >= 4 is 23.3 Å². The lowest BCUT2D eigenvalue weighted by atomic mass is 10.1. The van der Waals surface area contributed by atoms with Crippen LogP contribution in [0.4, 0.5) is 5.82 Å². The van der Waals surface area contributed by atoms with Crippen LogP contribution in [-0.4, -0.2) is 22.7 Å². The molecular formula is C14H14ClN3O2. The molecule has 0 bridgehead atoms. The molecule has 1 aromatic heterocycles. The zero-order chi connectivity index (χ0) is 14.5. The summed E-state index contributed by atoms with van der Waals surface area (Å²) in [6.07, 6.45) is 0. The molecule has 0 aliphatic carbocycles. The minimum atomic E-state index is -0.304. The lowest BCUT2D eigenvalue weighted by Gasteiger charge is -2.09. The van der Waals surface area contributed by atoms with Gasteiger partial charge in [-0.3, -0.25) is 4.79 Å². The van der Waals surface area contributed by atoms with Gasteiger partial charge in [-0.1, -0.05) is 29.3 Å². The standard InChI is InChI=1S/C14H14ClN3O2/c1-9-3-4-11(10(2)7-9)20-8-14(19)16-13-6-5-12(15)17-18-13/h3-7H,8H2,1-2H3,(H,16,18,19). The molecule has 1 aromatic carbocycles. The molecule has 1 heterocycles. The number of aryl methyl sites for hydroxylation is 2. The van der Waals surface area contributed by atoms with Gasteiger partial charge in [0.1, 0.15) is 5.75 Å². The van der Waals surface area contributed by atoms with E-state index < -0.39 is 0 Å². The number of rotatable bonds is 4. The third-order valence-corrected chi connectivity index (χ3v) is 2.79. The van der Waals surface area contributed by atoms with Crippen LogP contribution in [-0.2, 0) is 4.79 Å². The quantitative estimate of drug-likeness (QED) is 0.941. The molecule has 0 unspecified atom stereocenters. The maximum absolute atomic E-state index is 11.7. The van der Waals surface area contributed by atoms with Gasteiger partial charge in [-0.25, -0.2) is 0 Å². The van der Waals surface area contributed by atoms with Crippen molar-refractivity contribution in [2.75, 3.05) is 11.9 Å². The average molecular weight is 292 g/mol. The number of hydrogen-bond acceptors (Lipinski definition) is 4. The van der Waals surface area contributed by atoms with Crippen molar-refractivity contribution < 1.29 is 9.53 Å². The molecular weight excluding hydrogens is 278 g/mol. The zero-order valence-electron chi connectivity index (χ0n) is 11.2. The summed E-state index contributed by atoms with van der Waals surface area (Å²) < 4.78 is 5.46. The van der Waals surface area contributed by atoms with E-state index >= 15 is 0 Å². The molecule has 0 aliphatic heterocycles. The second-order valence-electron chi connectivity index (χ2n) is 4.35. The van der Waals surface area contributed by atoms with Crippen molar-refractivity contribution in [2.24, 2.45) is 0 Å². The number of hydrogen-bond donors (Lipinski definition) is 1. The van der Waals surface area contributed by atoms with Gasteiger partial charge in [-0.15, -0.1) is 10.2 Å². The third-order valence-electron chi connectivity index (χ3n) is 2.59. The molecule has 104 valence electrons. The fourth-order valence-corrected chi connectivity index (χ4v) is 1.77. The summed E-state index contributed by atoms with van der Waals surface area (Å²) in [5.74, 6) is 0.721. The van der Waals surface area contributed by atoms with Crippen molar-refractivity contribution in [3.8, 4) is 5.75 Å². The minimum Gasteiger partial charge on any atom is -0.483 e. The summed E-state index contributed by atoms with van der Waals surface area (Å²) in [5.41, 5.74) is 2.14. The van der Waals surface area contributed by atoms with E-state index in [1.807, 2.05) is 32.0 Å². The Morgan fingerprint density at radius 3 is 2.70 bits per heavy atom. The van der Waals surface area contributed by atoms with Crippen LogP contribution in [0.25, 0.3) is 0 Å². The van der Waals surface area contributed by atoms with Crippen LogP contribution in [0.5, 0.6) is 5.75 Å². The fraction of sp³-hybridized carbons (Fsp3) is 0.214. The maximum Gasteiger partial charge on any atom is 0.263 e. The highest BCUT2D eigenvalue weighted by Crippen LogP contribution is 2.18. The van der Waals surface area contributed by atoms with Gasteiger partial charge in [0.05, 0.1) is 0 Å². The van der Waals surface area contributed by atoms with E-state index in [-0.39, 0.29) is 17.7 Å². The minimum absolute atomic E-state index is 0.0891. The van der Waals surface area contributed by atoms with E-state index in [2.05, 4.69) is 15.5 Å². The van der Waals surface area contributed by atoms with E-state index in [4.69, 9.17) is 16.3 Å². The number of halogens is 1. The molecule has 0 spiro atoms. The molecule has 2 aromatic rings. The van der Waals surface area contributed by atoms with Crippen molar-refractivity contribution in [3.63, 3.8) is 0 Å². The van der Waals surface area contributed by atoms with Gasteiger partial charge >= 0.3 is 0 Å². The smallest absolute Gasteiger partial charge is 0.263 e. The first kappa shape index (κ1) is 14.3. The summed E-state index contributed by atoms with van der Waals surface area (Å²) in [7, 11) is 0. The summed E-state index contributed by atoms with van der Waals surface area (Å²) >= 11 is 5.61. The predicted octanol–water partition coefficient (Wildman–Crippen LogP) is 2.76. The number of benzene rings is 1. The molecule has 6 heteroatoms. The Morgan fingerprint density at radius 1 is 1.25 bits per heavy atom. The van der Waals surface area contributed by atoms with Gasteiger partial charge in [0.15, 0.2) is 17.6 Å². The van der Waals surface area contributed by atoms with Gasteiger partial charge in [0.25, 0.3) is 5.91 Å². The Balaban J connectivity index is 1.90. The first-order chi connectivity index (χ1) is 9.54. The predicted molar refractivity (Wildman–Crippen MR) is 77.1 cm³/mol. The second-order valence-corrected chi connectivity index (χ2v) is 4.73. The number of anilines is 1. The third kappa shape index (κ3) is 3.93.